The highest BCUT2D eigenvalue weighted by molar-refractivity contribution is 9.10. The zero-order chi connectivity index (χ0) is 26.2. The van der Waals surface area contributed by atoms with Gasteiger partial charge in [-0.2, -0.15) is 0 Å². The van der Waals surface area contributed by atoms with E-state index < -0.39 is 6.04 Å². The molecule has 7 heteroatoms. The molecule has 37 heavy (non-hydrogen) atoms. The van der Waals surface area contributed by atoms with Crippen molar-refractivity contribution in [1.82, 2.24) is 10.2 Å². The van der Waals surface area contributed by atoms with Crippen molar-refractivity contribution >= 4 is 27.7 Å². The van der Waals surface area contributed by atoms with Gasteiger partial charge in [-0.25, -0.2) is 4.39 Å². The lowest BCUT2D eigenvalue weighted by Crippen LogP contribution is -2.53. The Morgan fingerprint density at radius 1 is 1.03 bits per heavy atom. The number of hydrogen-bond donors (Lipinski definition) is 1. The molecule has 194 valence electrons. The second kappa shape index (κ2) is 12.9. The maximum absolute atomic E-state index is 13.7. The summed E-state index contributed by atoms with van der Waals surface area (Å²) in [7, 11) is 0. The van der Waals surface area contributed by atoms with Crippen molar-refractivity contribution in [3.05, 3.63) is 99.8 Å². The number of carbonyl (C=O) groups excluding carboxylic acids is 2. The summed E-state index contributed by atoms with van der Waals surface area (Å²) in [5, 5.41) is 3.18. The molecule has 3 aromatic carbocycles. The van der Waals surface area contributed by atoms with Crippen LogP contribution in [0.1, 0.15) is 42.4 Å². The number of nitrogens with one attached hydrogen (secondary N) is 1. The van der Waals surface area contributed by atoms with Crippen LogP contribution in [0.3, 0.4) is 0 Å². The summed E-state index contributed by atoms with van der Waals surface area (Å²) in [6.45, 7) is 1.89. The first-order valence-electron chi connectivity index (χ1n) is 12.7. The van der Waals surface area contributed by atoms with Crippen LogP contribution in [0.25, 0.3) is 0 Å². The van der Waals surface area contributed by atoms with Gasteiger partial charge in [0.1, 0.15) is 17.6 Å². The topological polar surface area (TPSA) is 58.6 Å². The Bertz CT molecular complexity index is 1200. The van der Waals surface area contributed by atoms with E-state index in [0.29, 0.717) is 12.2 Å². The molecule has 0 saturated heterocycles. The van der Waals surface area contributed by atoms with Gasteiger partial charge in [0.25, 0.3) is 5.91 Å². The Morgan fingerprint density at radius 2 is 1.73 bits per heavy atom. The number of ether oxygens (including phenoxy) is 1. The Balaban J connectivity index is 1.60. The summed E-state index contributed by atoms with van der Waals surface area (Å²) in [5.41, 5.74) is 2.68. The molecule has 0 spiro atoms. The van der Waals surface area contributed by atoms with Gasteiger partial charge in [-0.1, -0.05) is 71.2 Å². The quantitative estimate of drug-likeness (QED) is 0.328. The van der Waals surface area contributed by atoms with Gasteiger partial charge in [-0.15, -0.1) is 0 Å². The van der Waals surface area contributed by atoms with E-state index in [-0.39, 0.29) is 36.8 Å². The van der Waals surface area contributed by atoms with E-state index in [1.54, 1.807) is 23.1 Å². The highest BCUT2D eigenvalue weighted by Gasteiger charge is 2.32. The molecule has 3 aromatic rings. The molecule has 1 N–H and O–H groups in total. The summed E-state index contributed by atoms with van der Waals surface area (Å²) in [4.78, 5) is 28.9. The Kier molecular flexibility index (Phi) is 9.34. The predicted molar refractivity (Wildman–Crippen MR) is 146 cm³/mol. The molecule has 2 amide bonds. The van der Waals surface area contributed by atoms with Crippen molar-refractivity contribution in [3.8, 4) is 5.75 Å². The normalized spacial score (nSPS) is 14.2. The van der Waals surface area contributed by atoms with Crippen LogP contribution in [0.2, 0.25) is 0 Å². The lowest BCUT2D eigenvalue weighted by atomic mass is 10.0. The van der Waals surface area contributed by atoms with Gasteiger partial charge < -0.3 is 15.0 Å². The summed E-state index contributed by atoms with van der Waals surface area (Å²) >= 11 is 3.48. The van der Waals surface area contributed by atoms with E-state index in [1.807, 2.05) is 49.4 Å². The van der Waals surface area contributed by atoms with Gasteiger partial charge >= 0.3 is 0 Å². The van der Waals surface area contributed by atoms with Crippen LogP contribution >= 0.6 is 15.9 Å². The predicted octanol–water partition coefficient (Wildman–Crippen LogP) is 5.97. The van der Waals surface area contributed by atoms with E-state index in [0.717, 1.165) is 46.8 Å². The average Bonchev–Trinajstić information content (AvgIpc) is 3.41. The number of nitrogens with zero attached hydrogens (tertiary/aromatic N) is 1. The van der Waals surface area contributed by atoms with Crippen LogP contribution in [-0.4, -0.2) is 35.4 Å². The second-order valence-electron chi connectivity index (χ2n) is 9.54. The third-order valence-corrected chi connectivity index (χ3v) is 7.62. The molecule has 1 aliphatic rings. The van der Waals surface area contributed by atoms with Crippen LogP contribution < -0.4 is 10.1 Å². The molecule has 0 bridgehead atoms. The van der Waals surface area contributed by atoms with Gasteiger partial charge in [-0.05, 0) is 66.8 Å². The zero-order valence-electron chi connectivity index (χ0n) is 21.0. The summed E-state index contributed by atoms with van der Waals surface area (Å²) in [5.74, 6) is -0.265. The highest BCUT2D eigenvalue weighted by atomic mass is 79.9. The van der Waals surface area contributed by atoms with Gasteiger partial charge in [0, 0.05) is 23.5 Å². The molecule has 0 aliphatic heterocycles. The first-order valence-corrected chi connectivity index (χ1v) is 13.5. The number of halogens is 2. The lowest BCUT2D eigenvalue weighted by molar-refractivity contribution is -0.143. The second-order valence-corrected chi connectivity index (χ2v) is 10.4. The number of aryl methyl sites for hydroxylation is 1. The summed E-state index contributed by atoms with van der Waals surface area (Å²) in [6.07, 6.45) is 4.44. The number of benzene rings is 3. The SMILES string of the molecule is Cc1cc(OCC(=O)N(Cc2ccc(F)cc2)[C@@H](Cc2ccccc2)C(=O)NC2CCCC2)ccc1Br. The average molecular weight is 567 g/mol. The highest BCUT2D eigenvalue weighted by Crippen LogP contribution is 2.23. The number of carbonyl (C=O) groups is 2. The van der Waals surface area contributed by atoms with Crippen LogP contribution in [0, 0.1) is 12.7 Å². The molecular weight excluding hydrogens is 535 g/mol. The van der Waals surface area contributed by atoms with Crippen molar-refractivity contribution in [1.29, 1.82) is 0 Å². The maximum Gasteiger partial charge on any atom is 0.261 e. The zero-order valence-corrected chi connectivity index (χ0v) is 22.5. The molecule has 4 rings (SSSR count). The smallest absolute Gasteiger partial charge is 0.261 e. The summed E-state index contributed by atoms with van der Waals surface area (Å²) in [6, 6.07) is 20.6. The van der Waals surface area contributed by atoms with E-state index in [4.69, 9.17) is 4.74 Å². The molecular formula is C30H32BrFN2O3. The molecule has 0 heterocycles. The molecule has 0 radical (unpaired) electrons. The minimum Gasteiger partial charge on any atom is -0.484 e. The van der Waals surface area contributed by atoms with E-state index >= 15 is 0 Å². The van der Waals surface area contributed by atoms with Gasteiger partial charge in [-0.3, -0.25) is 9.59 Å². The first kappa shape index (κ1) is 26.9. The van der Waals surface area contributed by atoms with E-state index in [1.165, 1.54) is 12.1 Å². The van der Waals surface area contributed by atoms with E-state index in [9.17, 15) is 14.0 Å². The Hall–Kier alpha value is -3.19. The van der Waals surface area contributed by atoms with Crippen molar-refractivity contribution in [2.45, 2.75) is 57.7 Å². The van der Waals surface area contributed by atoms with Crippen LogP contribution in [0.5, 0.6) is 5.75 Å². The molecule has 1 fully saturated rings. The number of rotatable bonds is 10. The maximum atomic E-state index is 13.7. The standard InChI is InChI=1S/C30H32BrFN2O3/c1-21-17-26(15-16-27(21)31)37-20-29(35)34(19-23-11-13-24(32)14-12-23)28(18-22-7-3-2-4-8-22)30(36)33-25-9-5-6-10-25/h2-4,7-8,11-17,25,28H,5-6,9-10,18-20H2,1H3,(H,33,36)/t28-/m0/s1. The molecule has 0 aromatic heterocycles. The van der Waals surface area contributed by atoms with Crippen LogP contribution in [0.15, 0.2) is 77.3 Å². The van der Waals surface area contributed by atoms with Crippen molar-refractivity contribution < 1.29 is 18.7 Å². The largest absolute Gasteiger partial charge is 0.484 e. The molecule has 0 unspecified atom stereocenters. The fourth-order valence-corrected chi connectivity index (χ4v) is 4.89. The molecule has 1 aliphatic carbocycles. The van der Waals surface area contributed by atoms with Gasteiger partial charge in [0.05, 0.1) is 0 Å². The van der Waals surface area contributed by atoms with Crippen LogP contribution in [-0.2, 0) is 22.6 Å². The van der Waals surface area contributed by atoms with Crippen molar-refractivity contribution in [3.63, 3.8) is 0 Å². The van der Waals surface area contributed by atoms with Crippen molar-refractivity contribution in [2.24, 2.45) is 0 Å². The lowest BCUT2D eigenvalue weighted by Gasteiger charge is -2.32. The number of amides is 2. The molecule has 1 saturated carbocycles. The first-order chi connectivity index (χ1) is 17.9. The van der Waals surface area contributed by atoms with Gasteiger partial charge in [0.2, 0.25) is 5.91 Å². The fourth-order valence-electron chi connectivity index (χ4n) is 4.64. The fraction of sp³-hybridized carbons (Fsp3) is 0.333. The minimum atomic E-state index is -0.740. The van der Waals surface area contributed by atoms with E-state index in [2.05, 4.69) is 21.2 Å². The Labute approximate surface area is 226 Å². The third-order valence-electron chi connectivity index (χ3n) is 6.73. The summed E-state index contributed by atoms with van der Waals surface area (Å²) < 4.78 is 20.4. The molecule has 5 nitrogen and oxygen atoms in total. The number of hydrogen-bond acceptors (Lipinski definition) is 3. The van der Waals surface area contributed by atoms with Crippen molar-refractivity contribution in [2.75, 3.05) is 6.61 Å². The Morgan fingerprint density at radius 3 is 2.41 bits per heavy atom. The molecule has 1 atom stereocenters. The minimum absolute atomic E-state index is 0.121. The third kappa shape index (κ3) is 7.65. The monoisotopic (exact) mass is 566 g/mol. The van der Waals surface area contributed by atoms with Crippen LogP contribution in [0.4, 0.5) is 4.39 Å². The van der Waals surface area contributed by atoms with Gasteiger partial charge in [0.15, 0.2) is 6.61 Å².